The standard InChI is InChI=1S/C16H21ClO3/c1-11-9-18-13-5-4-12(8-14(13)19-10-11)15(17)16(2)6-3-7-20-16/h4-5,8,11,15H,3,6-7,9-10H2,1-2H3. The van der Waals surface area contributed by atoms with Crippen LogP contribution in [0.3, 0.4) is 0 Å². The Hall–Kier alpha value is -0.930. The van der Waals surface area contributed by atoms with Crippen LogP contribution in [0.5, 0.6) is 11.5 Å². The molecule has 2 heterocycles. The predicted molar refractivity (Wildman–Crippen MR) is 78.8 cm³/mol. The number of hydrogen-bond acceptors (Lipinski definition) is 3. The highest BCUT2D eigenvalue weighted by Gasteiger charge is 2.38. The summed E-state index contributed by atoms with van der Waals surface area (Å²) in [6, 6.07) is 5.97. The number of hydrogen-bond donors (Lipinski definition) is 0. The zero-order valence-corrected chi connectivity index (χ0v) is 12.8. The molecular weight excluding hydrogens is 276 g/mol. The third-order valence-electron chi connectivity index (χ3n) is 4.09. The summed E-state index contributed by atoms with van der Waals surface area (Å²) in [5, 5.41) is -0.167. The summed E-state index contributed by atoms with van der Waals surface area (Å²) in [5.41, 5.74) is 0.752. The van der Waals surface area contributed by atoms with Crippen molar-refractivity contribution in [2.45, 2.75) is 37.7 Å². The first-order valence-corrected chi connectivity index (χ1v) is 7.70. The lowest BCUT2D eigenvalue weighted by molar-refractivity contribution is 0.0164. The molecule has 0 bridgehead atoms. The van der Waals surface area contributed by atoms with Gasteiger partial charge in [-0.3, -0.25) is 0 Å². The molecule has 3 unspecified atom stereocenters. The molecule has 4 heteroatoms. The predicted octanol–water partition coefficient (Wildman–Crippen LogP) is 3.94. The Kier molecular flexibility index (Phi) is 3.83. The second kappa shape index (κ2) is 5.45. The topological polar surface area (TPSA) is 27.7 Å². The van der Waals surface area contributed by atoms with Crippen LogP contribution in [-0.2, 0) is 4.74 Å². The molecule has 0 aliphatic carbocycles. The van der Waals surface area contributed by atoms with Crippen molar-refractivity contribution in [1.29, 1.82) is 0 Å². The fraction of sp³-hybridized carbons (Fsp3) is 0.625. The number of fused-ring (bicyclic) bond motifs is 1. The number of halogens is 1. The van der Waals surface area contributed by atoms with Crippen molar-refractivity contribution in [3.05, 3.63) is 23.8 Å². The van der Waals surface area contributed by atoms with Crippen LogP contribution in [0.1, 0.15) is 37.6 Å². The number of rotatable bonds is 2. The Morgan fingerprint density at radius 3 is 2.70 bits per heavy atom. The fourth-order valence-corrected chi connectivity index (χ4v) is 3.09. The third kappa shape index (κ3) is 2.61. The maximum absolute atomic E-state index is 6.64. The molecule has 20 heavy (non-hydrogen) atoms. The average molecular weight is 297 g/mol. The molecule has 3 atom stereocenters. The van der Waals surface area contributed by atoms with Crippen LogP contribution in [0.15, 0.2) is 18.2 Å². The SMILES string of the molecule is CC1COc2ccc(C(Cl)C3(C)CCCO3)cc2OC1. The van der Waals surface area contributed by atoms with E-state index in [9.17, 15) is 0 Å². The summed E-state index contributed by atoms with van der Waals surface area (Å²) in [6.45, 7) is 6.36. The first kappa shape index (κ1) is 14.0. The van der Waals surface area contributed by atoms with Gasteiger partial charge in [0.05, 0.1) is 24.2 Å². The Morgan fingerprint density at radius 1 is 1.25 bits per heavy atom. The molecule has 2 aliphatic rings. The van der Waals surface area contributed by atoms with Crippen molar-refractivity contribution < 1.29 is 14.2 Å². The average Bonchev–Trinajstić information content (AvgIpc) is 2.81. The minimum absolute atomic E-state index is 0.167. The summed E-state index contributed by atoms with van der Waals surface area (Å²) in [7, 11) is 0. The lowest BCUT2D eigenvalue weighted by Gasteiger charge is -2.29. The van der Waals surface area contributed by atoms with Crippen molar-refractivity contribution in [2.24, 2.45) is 5.92 Å². The van der Waals surface area contributed by atoms with E-state index < -0.39 is 0 Å². The molecule has 3 nitrogen and oxygen atoms in total. The molecule has 1 aromatic rings. The van der Waals surface area contributed by atoms with Gasteiger partial charge in [-0.2, -0.15) is 0 Å². The number of alkyl halides is 1. The van der Waals surface area contributed by atoms with Crippen molar-refractivity contribution in [2.75, 3.05) is 19.8 Å². The fourth-order valence-electron chi connectivity index (χ4n) is 2.78. The minimum atomic E-state index is -0.283. The van der Waals surface area contributed by atoms with Crippen LogP contribution < -0.4 is 9.47 Å². The van der Waals surface area contributed by atoms with E-state index in [0.29, 0.717) is 19.1 Å². The van der Waals surface area contributed by atoms with E-state index in [0.717, 1.165) is 36.5 Å². The van der Waals surface area contributed by atoms with Gasteiger partial charge < -0.3 is 14.2 Å². The van der Waals surface area contributed by atoms with Crippen molar-refractivity contribution in [3.8, 4) is 11.5 Å². The largest absolute Gasteiger partial charge is 0.489 e. The van der Waals surface area contributed by atoms with Gasteiger partial charge in [-0.25, -0.2) is 0 Å². The zero-order valence-electron chi connectivity index (χ0n) is 12.0. The van der Waals surface area contributed by atoms with E-state index in [1.165, 1.54) is 0 Å². The van der Waals surface area contributed by atoms with Crippen molar-refractivity contribution in [3.63, 3.8) is 0 Å². The molecule has 0 N–H and O–H groups in total. The van der Waals surface area contributed by atoms with Gasteiger partial charge in [0, 0.05) is 12.5 Å². The monoisotopic (exact) mass is 296 g/mol. The van der Waals surface area contributed by atoms with E-state index in [1.807, 2.05) is 18.2 Å². The molecule has 2 aliphatic heterocycles. The molecule has 1 fully saturated rings. The molecule has 0 radical (unpaired) electrons. The minimum Gasteiger partial charge on any atom is -0.489 e. The lowest BCUT2D eigenvalue weighted by atomic mass is 9.93. The van der Waals surface area contributed by atoms with E-state index in [2.05, 4.69) is 13.8 Å². The third-order valence-corrected chi connectivity index (χ3v) is 4.81. The first-order chi connectivity index (χ1) is 9.58. The molecular formula is C16H21ClO3. The van der Waals surface area contributed by atoms with Crippen LogP contribution in [0, 0.1) is 5.92 Å². The van der Waals surface area contributed by atoms with Gasteiger partial charge in [0.25, 0.3) is 0 Å². The Morgan fingerprint density at radius 2 is 2.00 bits per heavy atom. The summed E-state index contributed by atoms with van der Waals surface area (Å²) in [5.74, 6) is 1.99. The van der Waals surface area contributed by atoms with Crippen molar-refractivity contribution in [1.82, 2.24) is 0 Å². The summed E-state index contributed by atoms with van der Waals surface area (Å²) in [4.78, 5) is 0. The Labute approximate surface area is 125 Å². The maximum Gasteiger partial charge on any atom is 0.161 e. The Bertz CT molecular complexity index is 483. The highest BCUT2D eigenvalue weighted by Crippen LogP contribution is 2.44. The number of ether oxygens (including phenoxy) is 3. The van der Waals surface area contributed by atoms with Crippen molar-refractivity contribution >= 4 is 11.6 Å². The van der Waals surface area contributed by atoms with Crippen LogP contribution in [0.25, 0.3) is 0 Å². The zero-order chi connectivity index (χ0) is 14.2. The molecule has 0 aromatic heterocycles. The highest BCUT2D eigenvalue weighted by molar-refractivity contribution is 6.21. The molecule has 0 amide bonds. The molecule has 1 aromatic carbocycles. The van der Waals surface area contributed by atoms with Gasteiger partial charge in [0.15, 0.2) is 11.5 Å². The molecule has 1 saturated heterocycles. The number of benzene rings is 1. The Balaban J connectivity index is 1.85. The van der Waals surface area contributed by atoms with Crippen LogP contribution in [0.2, 0.25) is 0 Å². The van der Waals surface area contributed by atoms with Crippen LogP contribution in [-0.4, -0.2) is 25.4 Å². The summed E-state index contributed by atoms with van der Waals surface area (Å²) >= 11 is 6.64. The van der Waals surface area contributed by atoms with E-state index in [1.54, 1.807) is 0 Å². The molecule has 110 valence electrons. The second-order valence-corrected chi connectivity index (χ2v) is 6.50. The quantitative estimate of drug-likeness (QED) is 0.774. The smallest absolute Gasteiger partial charge is 0.161 e. The first-order valence-electron chi connectivity index (χ1n) is 7.26. The van der Waals surface area contributed by atoms with Gasteiger partial charge in [-0.1, -0.05) is 13.0 Å². The van der Waals surface area contributed by atoms with Crippen LogP contribution in [0.4, 0.5) is 0 Å². The highest BCUT2D eigenvalue weighted by atomic mass is 35.5. The molecule has 3 rings (SSSR count). The molecule has 0 saturated carbocycles. The lowest BCUT2D eigenvalue weighted by Crippen LogP contribution is -2.28. The summed E-state index contributed by atoms with van der Waals surface area (Å²) < 4.78 is 17.4. The van der Waals surface area contributed by atoms with Crippen LogP contribution >= 0.6 is 11.6 Å². The molecule has 0 spiro atoms. The van der Waals surface area contributed by atoms with E-state index in [-0.39, 0.29) is 11.0 Å². The normalized spacial score (nSPS) is 30.9. The van der Waals surface area contributed by atoms with Gasteiger partial charge in [-0.15, -0.1) is 11.6 Å². The summed E-state index contributed by atoms with van der Waals surface area (Å²) in [6.07, 6.45) is 2.06. The second-order valence-electron chi connectivity index (χ2n) is 6.06. The van der Waals surface area contributed by atoms with Gasteiger partial charge in [-0.05, 0) is 37.5 Å². The van der Waals surface area contributed by atoms with Gasteiger partial charge >= 0.3 is 0 Å². The van der Waals surface area contributed by atoms with E-state index >= 15 is 0 Å². The van der Waals surface area contributed by atoms with Gasteiger partial charge in [0.1, 0.15) is 0 Å². The maximum atomic E-state index is 6.64. The van der Waals surface area contributed by atoms with Gasteiger partial charge in [0.2, 0.25) is 0 Å². The van der Waals surface area contributed by atoms with E-state index in [4.69, 9.17) is 25.8 Å².